The van der Waals surface area contributed by atoms with Gasteiger partial charge in [-0.05, 0) is 19.8 Å². The van der Waals surface area contributed by atoms with Gasteiger partial charge in [0.15, 0.2) is 0 Å². The average Bonchev–Trinajstić information content (AvgIpc) is 1.69. The molecule has 0 aromatic carbocycles. The van der Waals surface area contributed by atoms with Gasteiger partial charge in [-0.15, -0.1) is 0 Å². The molecule has 1 heterocycles. The van der Waals surface area contributed by atoms with Crippen molar-refractivity contribution in [1.82, 2.24) is 5.32 Å². The van der Waals surface area contributed by atoms with Crippen LogP contribution in [-0.2, 0) is 0 Å². The minimum Gasteiger partial charge on any atom is -0.290 e. The highest BCUT2D eigenvalue weighted by atomic mass is 14.9. The monoisotopic (exact) mass is 96.1 g/mol. The average molecular weight is 96.2 g/mol. The highest BCUT2D eigenvalue weighted by Gasteiger charge is 2.00. The quantitative estimate of drug-likeness (QED) is 0.431. The minimum absolute atomic E-state index is 0.574. The number of rotatable bonds is 0. The fourth-order valence-corrected chi connectivity index (χ4v) is 0.694. The number of hydrogen-bond donors (Lipinski definition) is 0. The van der Waals surface area contributed by atoms with Gasteiger partial charge in [-0.1, -0.05) is 6.08 Å². The van der Waals surface area contributed by atoms with Crippen molar-refractivity contribution in [3.63, 3.8) is 0 Å². The first-order valence-corrected chi connectivity index (χ1v) is 2.74. The van der Waals surface area contributed by atoms with E-state index in [0.29, 0.717) is 6.04 Å². The number of nitrogens with zero attached hydrogens (tertiary/aromatic N) is 1. The SMILES string of the molecule is CC1CCC=C[N]1. The van der Waals surface area contributed by atoms with Crippen LogP contribution in [-0.4, -0.2) is 6.04 Å². The van der Waals surface area contributed by atoms with Crippen LogP contribution in [0.25, 0.3) is 0 Å². The summed E-state index contributed by atoms with van der Waals surface area (Å²) in [5, 5.41) is 4.15. The summed E-state index contributed by atoms with van der Waals surface area (Å²) in [5.41, 5.74) is 0. The van der Waals surface area contributed by atoms with Crippen molar-refractivity contribution >= 4 is 0 Å². The van der Waals surface area contributed by atoms with E-state index in [9.17, 15) is 0 Å². The molecule has 0 spiro atoms. The third kappa shape index (κ3) is 1.22. The molecule has 1 radical (unpaired) electrons. The molecule has 0 aromatic rings. The molecule has 0 fully saturated rings. The smallest absolute Gasteiger partial charge is 0.0474 e. The molecule has 0 saturated heterocycles. The molecule has 1 atom stereocenters. The first-order chi connectivity index (χ1) is 3.39. The summed E-state index contributed by atoms with van der Waals surface area (Å²) in [5.74, 6) is 0. The van der Waals surface area contributed by atoms with Crippen LogP contribution in [0.3, 0.4) is 0 Å². The lowest BCUT2D eigenvalue weighted by atomic mass is 10.1. The van der Waals surface area contributed by atoms with Crippen molar-refractivity contribution in [2.75, 3.05) is 0 Å². The molecule has 7 heavy (non-hydrogen) atoms. The van der Waals surface area contributed by atoms with Gasteiger partial charge in [0, 0.05) is 12.2 Å². The van der Waals surface area contributed by atoms with Crippen LogP contribution < -0.4 is 5.32 Å². The third-order valence-corrected chi connectivity index (χ3v) is 1.20. The van der Waals surface area contributed by atoms with Crippen LogP contribution in [0.15, 0.2) is 12.3 Å². The highest BCUT2D eigenvalue weighted by molar-refractivity contribution is 4.87. The Morgan fingerprint density at radius 2 is 2.57 bits per heavy atom. The molecule has 0 aromatic heterocycles. The molecular formula is C6H10N. The predicted octanol–water partition coefficient (Wildman–Crippen LogP) is 1.29. The van der Waals surface area contributed by atoms with Crippen LogP contribution in [0.5, 0.6) is 0 Å². The maximum Gasteiger partial charge on any atom is 0.0474 e. The number of hydrogen-bond acceptors (Lipinski definition) is 0. The Hall–Kier alpha value is -0.460. The highest BCUT2D eigenvalue weighted by Crippen LogP contribution is 2.03. The standard InChI is InChI=1S/C6H10N/c1-6-4-2-3-5-7-6/h3,5-6H,2,4H2,1H3. The number of allylic oxidation sites excluding steroid dienone is 1. The molecule has 1 unspecified atom stereocenters. The van der Waals surface area contributed by atoms with E-state index >= 15 is 0 Å². The molecular weight excluding hydrogens is 86.1 g/mol. The lowest BCUT2D eigenvalue weighted by Gasteiger charge is -2.10. The Labute approximate surface area is 44.4 Å². The Bertz CT molecular complexity index is 76.2. The van der Waals surface area contributed by atoms with E-state index in [2.05, 4.69) is 18.3 Å². The van der Waals surface area contributed by atoms with Crippen molar-refractivity contribution in [2.24, 2.45) is 0 Å². The van der Waals surface area contributed by atoms with Gasteiger partial charge < -0.3 is 0 Å². The Morgan fingerprint density at radius 1 is 1.71 bits per heavy atom. The first-order valence-electron chi connectivity index (χ1n) is 2.74. The summed E-state index contributed by atoms with van der Waals surface area (Å²) in [7, 11) is 0. The minimum atomic E-state index is 0.574. The summed E-state index contributed by atoms with van der Waals surface area (Å²) in [6.07, 6.45) is 6.47. The second-order valence-corrected chi connectivity index (χ2v) is 1.96. The molecule has 1 aliphatic heterocycles. The Kier molecular flexibility index (Phi) is 1.35. The second-order valence-electron chi connectivity index (χ2n) is 1.96. The van der Waals surface area contributed by atoms with Gasteiger partial charge in [0.05, 0.1) is 0 Å². The summed E-state index contributed by atoms with van der Waals surface area (Å²) in [4.78, 5) is 0. The molecule has 39 valence electrons. The summed E-state index contributed by atoms with van der Waals surface area (Å²) in [6, 6.07) is 0.574. The summed E-state index contributed by atoms with van der Waals surface area (Å²) in [6.45, 7) is 2.14. The van der Waals surface area contributed by atoms with Crippen LogP contribution in [0.1, 0.15) is 19.8 Å². The van der Waals surface area contributed by atoms with Gasteiger partial charge in [-0.3, -0.25) is 5.32 Å². The van der Waals surface area contributed by atoms with Gasteiger partial charge in [-0.25, -0.2) is 0 Å². The zero-order valence-corrected chi connectivity index (χ0v) is 4.59. The maximum atomic E-state index is 4.15. The van der Waals surface area contributed by atoms with Crippen LogP contribution in [0.2, 0.25) is 0 Å². The van der Waals surface area contributed by atoms with Gasteiger partial charge >= 0.3 is 0 Å². The fraction of sp³-hybridized carbons (Fsp3) is 0.667. The molecule has 0 bridgehead atoms. The summed E-state index contributed by atoms with van der Waals surface area (Å²) < 4.78 is 0. The van der Waals surface area contributed by atoms with Crippen LogP contribution in [0, 0.1) is 0 Å². The maximum absolute atomic E-state index is 4.15. The Morgan fingerprint density at radius 3 is 2.86 bits per heavy atom. The van der Waals surface area contributed by atoms with Crippen molar-refractivity contribution < 1.29 is 0 Å². The largest absolute Gasteiger partial charge is 0.290 e. The normalized spacial score (nSPS) is 29.6. The molecule has 1 nitrogen and oxygen atoms in total. The van der Waals surface area contributed by atoms with Gasteiger partial charge in [0.25, 0.3) is 0 Å². The van der Waals surface area contributed by atoms with Crippen molar-refractivity contribution in [1.29, 1.82) is 0 Å². The van der Waals surface area contributed by atoms with E-state index < -0.39 is 0 Å². The van der Waals surface area contributed by atoms with Gasteiger partial charge in [0.1, 0.15) is 0 Å². The van der Waals surface area contributed by atoms with Gasteiger partial charge in [-0.2, -0.15) is 0 Å². The molecule has 1 heteroatoms. The zero-order chi connectivity index (χ0) is 5.11. The molecule has 1 rings (SSSR count). The van der Waals surface area contributed by atoms with Crippen LogP contribution >= 0.6 is 0 Å². The lowest BCUT2D eigenvalue weighted by Crippen LogP contribution is -2.15. The van der Waals surface area contributed by atoms with E-state index in [4.69, 9.17) is 0 Å². The lowest BCUT2D eigenvalue weighted by molar-refractivity contribution is 0.560. The molecule has 1 aliphatic rings. The predicted molar refractivity (Wildman–Crippen MR) is 30.0 cm³/mol. The zero-order valence-electron chi connectivity index (χ0n) is 4.59. The van der Waals surface area contributed by atoms with Crippen molar-refractivity contribution in [3.05, 3.63) is 12.3 Å². The fourth-order valence-electron chi connectivity index (χ4n) is 0.694. The van der Waals surface area contributed by atoms with Crippen molar-refractivity contribution in [3.8, 4) is 0 Å². The third-order valence-electron chi connectivity index (χ3n) is 1.20. The van der Waals surface area contributed by atoms with E-state index in [1.165, 1.54) is 12.8 Å². The molecule has 0 saturated carbocycles. The van der Waals surface area contributed by atoms with E-state index in [-0.39, 0.29) is 0 Å². The van der Waals surface area contributed by atoms with Crippen LogP contribution in [0.4, 0.5) is 0 Å². The summed E-state index contributed by atoms with van der Waals surface area (Å²) >= 11 is 0. The van der Waals surface area contributed by atoms with E-state index in [1.54, 1.807) is 0 Å². The topological polar surface area (TPSA) is 14.1 Å². The molecule has 0 amide bonds. The van der Waals surface area contributed by atoms with E-state index in [1.807, 2.05) is 6.20 Å². The first kappa shape index (κ1) is 4.69. The van der Waals surface area contributed by atoms with E-state index in [0.717, 1.165) is 0 Å². The Balaban J connectivity index is 2.32. The molecule has 0 N–H and O–H groups in total. The van der Waals surface area contributed by atoms with Gasteiger partial charge in [0.2, 0.25) is 0 Å². The van der Waals surface area contributed by atoms with Crippen molar-refractivity contribution in [2.45, 2.75) is 25.8 Å². The molecule has 0 aliphatic carbocycles. The second kappa shape index (κ2) is 2.01.